The number of hydrogen-bond donors (Lipinski definition) is 0. The average molecular weight is 630 g/mol. The van der Waals surface area contributed by atoms with Crippen molar-refractivity contribution >= 4 is 5.97 Å². The number of benzene rings is 4. The SMILES string of the molecule is CCCCCCCCCc1ccc(-c2ccc(C(=O)Oc3ccc(-c4ccc(OCCCCCCCC)cc4)cc3)cc2C#N)cc1. The highest BCUT2D eigenvalue weighted by Gasteiger charge is 2.14. The van der Waals surface area contributed by atoms with Crippen molar-refractivity contribution < 1.29 is 14.3 Å². The van der Waals surface area contributed by atoms with Crippen LogP contribution in [0.5, 0.6) is 11.5 Å². The van der Waals surface area contributed by atoms with Gasteiger partial charge >= 0.3 is 5.97 Å². The average Bonchev–Trinajstić information content (AvgIpc) is 3.11. The lowest BCUT2D eigenvalue weighted by molar-refractivity contribution is 0.0734. The molecule has 0 saturated heterocycles. The number of esters is 1. The Bertz CT molecular complexity index is 1530. The van der Waals surface area contributed by atoms with E-state index in [2.05, 4.69) is 44.2 Å². The van der Waals surface area contributed by atoms with Crippen LogP contribution in [0.15, 0.2) is 91.0 Å². The summed E-state index contributed by atoms with van der Waals surface area (Å²) in [5.41, 5.74) is 5.99. The van der Waals surface area contributed by atoms with E-state index in [0.717, 1.165) is 47.5 Å². The van der Waals surface area contributed by atoms with E-state index in [4.69, 9.17) is 9.47 Å². The molecule has 4 aromatic carbocycles. The van der Waals surface area contributed by atoms with Gasteiger partial charge in [0.05, 0.1) is 23.8 Å². The zero-order chi connectivity index (χ0) is 33.1. The summed E-state index contributed by atoms with van der Waals surface area (Å²) in [6.45, 7) is 5.23. The highest BCUT2D eigenvalue weighted by Crippen LogP contribution is 2.28. The fourth-order valence-corrected chi connectivity index (χ4v) is 5.85. The first-order valence-corrected chi connectivity index (χ1v) is 17.8. The number of carbonyl (C=O) groups is 1. The van der Waals surface area contributed by atoms with Crippen LogP contribution in [0.4, 0.5) is 0 Å². The third-order valence-corrected chi connectivity index (χ3v) is 8.73. The van der Waals surface area contributed by atoms with Gasteiger partial charge in [-0.2, -0.15) is 5.26 Å². The molecule has 0 spiro atoms. The van der Waals surface area contributed by atoms with Gasteiger partial charge in [0.25, 0.3) is 0 Å². The molecular formula is C43H51NO3. The van der Waals surface area contributed by atoms with Crippen molar-refractivity contribution in [2.24, 2.45) is 0 Å². The molecule has 0 aliphatic carbocycles. The van der Waals surface area contributed by atoms with Gasteiger partial charge in [0.2, 0.25) is 0 Å². The summed E-state index contributed by atoms with van der Waals surface area (Å²) >= 11 is 0. The van der Waals surface area contributed by atoms with Crippen LogP contribution < -0.4 is 9.47 Å². The molecule has 4 aromatic rings. The Kier molecular flexibility index (Phi) is 15.1. The Balaban J connectivity index is 1.27. The van der Waals surface area contributed by atoms with Gasteiger partial charge in [-0.3, -0.25) is 0 Å². The number of unbranched alkanes of at least 4 members (excludes halogenated alkanes) is 11. The van der Waals surface area contributed by atoms with Crippen molar-refractivity contribution in [3.63, 3.8) is 0 Å². The maximum atomic E-state index is 13.0. The molecule has 0 saturated carbocycles. The number of aryl methyl sites for hydroxylation is 1. The normalized spacial score (nSPS) is 10.8. The Morgan fingerprint density at radius 3 is 1.72 bits per heavy atom. The Morgan fingerprint density at radius 2 is 1.13 bits per heavy atom. The molecule has 4 rings (SSSR count). The van der Waals surface area contributed by atoms with E-state index in [0.29, 0.717) is 16.9 Å². The Hall–Kier alpha value is -4.36. The first-order valence-electron chi connectivity index (χ1n) is 17.8. The van der Waals surface area contributed by atoms with Crippen LogP contribution in [0.25, 0.3) is 22.3 Å². The van der Waals surface area contributed by atoms with Crippen LogP contribution in [0.2, 0.25) is 0 Å². The first-order chi connectivity index (χ1) is 23.1. The van der Waals surface area contributed by atoms with Crippen LogP contribution in [-0.2, 0) is 6.42 Å². The van der Waals surface area contributed by atoms with Crippen molar-refractivity contribution in [1.82, 2.24) is 0 Å². The molecule has 0 unspecified atom stereocenters. The summed E-state index contributed by atoms with van der Waals surface area (Å²) < 4.78 is 11.6. The van der Waals surface area contributed by atoms with Gasteiger partial charge in [-0.15, -0.1) is 0 Å². The molecule has 0 N–H and O–H groups in total. The molecule has 0 aliphatic heterocycles. The quantitative estimate of drug-likeness (QED) is 0.0554. The first kappa shape index (κ1) is 35.5. The Labute approximate surface area is 282 Å². The lowest BCUT2D eigenvalue weighted by Gasteiger charge is -2.10. The predicted octanol–water partition coefficient (Wildman–Crippen LogP) is 12.1. The van der Waals surface area contributed by atoms with Crippen molar-refractivity contribution in [2.75, 3.05) is 6.61 Å². The number of hydrogen-bond acceptors (Lipinski definition) is 4. The van der Waals surface area contributed by atoms with Crippen LogP contribution in [0, 0.1) is 11.3 Å². The topological polar surface area (TPSA) is 59.3 Å². The van der Waals surface area contributed by atoms with Crippen molar-refractivity contribution in [2.45, 2.75) is 104 Å². The van der Waals surface area contributed by atoms with Gasteiger partial charge in [-0.25, -0.2) is 4.79 Å². The maximum absolute atomic E-state index is 13.0. The van der Waals surface area contributed by atoms with E-state index in [9.17, 15) is 10.1 Å². The Morgan fingerprint density at radius 1 is 0.596 bits per heavy atom. The number of rotatable bonds is 20. The number of ether oxygens (including phenoxy) is 2. The summed E-state index contributed by atoms with van der Waals surface area (Å²) in [5, 5.41) is 9.89. The standard InChI is InChI=1S/C43H51NO3/c1-3-5-7-9-11-12-14-16-34-17-19-37(20-18-34)42-30-25-38(32-39(42)33-44)43(45)47-41-28-23-36(24-29-41)35-21-26-40(27-22-35)46-31-15-13-10-8-6-4-2/h17-30,32H,3-16,31H2,1-2H3. The molecule has 4 heteroatoms. The molecule has 0 bridgehead atoms. The molecule has 0 amide bonds. The molecule has 0 atom stereocenters. The number of nitrogens with zero attached hydrogens (tertiary/aromatic N) is 1. The van der Waals surface area contributed by atoms with Gasteiger partial charge in [0.15, 0.2) is 0 Å². The minimum Gasteiger partial charge on any atom is -0.494 e. The lowest BCUT2D eigenvalue weighted by Crippen LogP contribution is -2.09. The molecule has 0 heterocycles. The zero-order valence-electron chi connectivity index (χ0n) is 28.4. The van der Waals surface area contributed by atoms with Gasteiger partial charge in [0, 0.05) is 0 Å². The second kappa shape index (κ2) is 20.0. The number of carbonyl (C=O) groups excluding carboxylic acids is 1. The molecule has 0 fully saturated rings. The summed E-state index contributed by atoms with van der Waals surface area (Å²) in [4.78, 5) is 13.0. The monoisotopic (exact) mass is 629 g/mol. The van der Waals surface area contributed by atoms with Crippen molar-refractivity contribution in [1.29, 1.82) is 5.26 Å². The van der Waals surface area contributed by atoms with Crippen LogP contribution >= 0.6 is 0 Å². The van der Waals surface area contributed by atoms with E-state index in [1.165, 1.54) is 82.6 Å². The highest BCUT2D eigenvalue weighted by atomic mass is 16.5. The molecule has 0 radical (unpaired) electrons. The largest absolute Gasteiger partial charge is 0.494 e. The number of nitriles is 1. The van der Waals surface area contributed by atoms with Crippen LogP contribution in [0.3, 0.4) is 0 Å². The molecule has 0 aliphatic rings. The molecule has 47 heavy (non-hydrogen) atoms. The van der Waals surface area contributed by atoms with Gasteiger partial charge in [0.1, 0.15) is 11.5 Å². The van der Waals surface area contributed by atoms with Gasteiger partial charge in [-0.1, -0.05) is 139 Å². The van der Waals surface area contributed by atoms with E-state index < -0.39 is 5.97 Å². The predicted molar refractivity (Wildman–Crippen MR) is 194 cm³/mol. The van der Waals surface area contributed by atoms with Gasteiger partial charge in [-0.05, 0) is 83.5 Å². The third kappa shape index (κ3) is 11.7. The fraction of sp³-hybridized carbons (Fsp3) is 0.395. The minimum absolute atomic E-state index is 0.349. The van der Waals surface area contributed by atoms with E-state index >= 15 is 0 Å². The minimum atomic E-state index is -0.488. The lowest BCUT2D eigenvalue weighted by atomic mass is 9.96. The second-order valence-corrected chi connectivity index (χ2v) is 12.5. The van der Waals surface area contributed by atoms with E-state index in [1.54, 1.807) is 24.3 Å². The van der Waals surface area contributed by atoms with Gasteiger partial charge < -0.3 is 9.47 Å². The van der Waals surface area contributed by atoms with E-state index in [1.807, 2.05) is 42.5 Å². The smallest absolute Gasteiger partial charge is 0.343 e. The van der Waals surface area contributed by atoms with Crippen LogP contribution in [-0.4, -0.2) is 12.6 Å². The zero-order valence-corrected chi connectivity index (χ0v) is 28.4. The molecule has 246 valence electrons. The fourth-order valence-electron chi connectivity index (χ4n) is 5.85. The molecule has 4 nitrogen and oxygen atoms in total. The van der Waals surface area contributed by atoms with E-state index in [-0.39, 0.29) is 0 Å². The molecule has 0 aromatic heterocycles. The molecular weight excluding hydrogens is 578 g/mol. The maximum Gasteiger partial charge on any atom is 0.343 e. The second-order valence-electron chi connectivity index (χ2n) is 12.5. The van der Waals surface area contributed by atoms with Crippen molar-refractivity contribution in [3.8, 4) is 39.8 Å². The summed E-state index contributed by atoms with van der Waals surface area (Å²) in [6, 6.07) is 31.5. The van der Waals surface area contributed by atoms with Crippen molar-refractivity contribution in [3.05, 3.63) is 108 Å². The summed E-state index contributed by atoms with van der Waals surface area (Å²) in [5.74, 6) is 0.848. The van der Waals surface area contributed by atoms with Crippen LogP contribution in [0.1, 0.15) is 119 Å². The third-order valence-electron chi connectivity index (χ3n) is 8.73. The highest BCUT2D eigenvalue weighted by molar-refractivity contribution is 5.92. The summed E-state index contributed by atoms with van der Waals surface area (Å²) in [7, 11) is 0. The summed E-state index contributed by atoms with van der Waals surface area (Å²) in [6.07, 6.45) is 17.7.